The first-order chi connectivity index (χ1) is 46.1. The third kappa shape index (κ3) is 9.26. The maximum Gasteiger partial charge on any atom is 0.495 e. The molecule has 2 aromatic heterocycles. The predicted octanol–water partition coefficient (Wildman–Crippen LogP) is 23.5. The standard InChI is InChI=1S/C41H25N.C38H31BO2.C9H6BrN/c1-3-12-26(13-4-1)37-32-16-7-8-17-33(32)38(27-14-5-2-6-15-27)41-35-24-23-29(31-19-9-20-34(39(31)35)40(37)41)28-18-10-22-36-30(28)21-11-25-42-36;1-37(2)38(3,4)41-39(40-37)31-23-22-30-34-28(31)20-13-21-29(34)35-32(24-14-7-5-8-15-24)26-18-11-12-19-27(26)33(36(30)35)25-16-9-6-10-17-25;10-8-4-1-5-9-7(8)3-2-6-11-9/h1-25H;5-23H,1-4H3;1-6H. The summed E-state index contributed by atoms with van der Waals surface area (Å²) in [6.45, 7) is 8.47. The molecule has 2 aliphatic carbocycles. The molecular formula is C88H62BBrN2O2. The van der Waals surface area contributed by atoms with Crippen molar-refractivity contribution in [2.45, 2.75) is 38.9 Å². The Labute approximate surface area is 556 Å². The highest BCUT2D eigenvalue weighted by Crippen LogP contribution is 2.60. The molecule has 16 aromatic rings. The Bertz CT molecular complexity index is 5490. The lowest BCUT2D eigenvalue weighted by molar-refractivity contribution is 0.00578. The number of nitrogens with zero attached hydrogens (tertiary/aromatic N) is 2. The molecular weight excluding hydrogens is 1210 g/mol. The third-order valence-electron chi connectivity index (χ3n) is 19.9. The van der Waals surface area contributed by atoms with E-state index in [2.05, 4.69) is 308 Å². The van der Waals surface area contributed by atoms with Gasteiger partial charge in [0.2, 0.25) is 0 Å². The van der Waals surface area contributed by atoms with Crippen molar-refractivity contribution in [3.8, 4) is 100 Å². The fourth-order valence-electron chi connectivity index (χ4n) is 15.1. The SMILES string of the molecule is Brc1cccc2ncccc12.CC1(C)OB(c2ccc3c4c(cccc24)-c2c-3c(-c3ccccc3)c3ccccc3c2-c2ccccc2)OC1(C)C.c1ccc(-c2c3c(c(-c4ccccc4)c4ccccc24)-c2ccc(-c4cccc5ncccc45)c4cccc-3c24)cc1. The van der Waals surface area contributed by atoms with Gasteiger partial charge in [0.15, 0.2) is 0 Å². The number of rotatable bonds is 6. The summed E-state index contributed by atoms with van der Waals surface area (Å²) in [4.78, 5) is 8.86. The lowest BCUT2D eigenvalue weighted by Crippen LogP contribution is -2.41. The van der Waals surface area contributed by atoms with E-state index in [1.54, 1.807) is 6.20 Å². The largest absolute Gasteiger partial charge is 0.495 e. The van der Waals surface area contributed by atoms with Gasteiger partial charge < -0.3 is 9.31 Å². The van der Waals surface area contributed by atoms with Crippen LogP contribution in [-0.2, 0) is 9.31 Å². The zero-order valence-corrected chi connectivity index (χ0v) is 54.1. The molecule has 14 aromatic carbocycles. The molecule has 1 aliphatic heterocycles. The van der Waals surface area contributed by atoms with Crippen molar-refractivity contribution in [1.29, 1.82) is 0 Å². The maximum atomic E-state index is 6.56. The average Bonchev–Trinajstić information content (AvgIpc) is 1.53. The van der Waals surface area contributed by atoms with Gasteiger partial charge in [-0.1, -0.05) is 277 Å². The molecule has 0 spiro atoms. The topological polar surface area (TPSA) is 44.2 Å². The molecule has 3 aliphatic rings. The van der Waals surface area contributed by atoms with E-state index in [9.17, 15) is 0 Å². The molecule has 0 bridgehead atoms. The summed E-state index contributed by atoms with van der Waals surface area (Å²) in [7, 11) is -0.422. The maximum absolute atomic E-state index is 6.56. The van der Waals surface area contributed by atoms with E-state index in [4.69, 9.17) is 9.31 Å². The fourth-order valence-corrected chi connectivity index (χ4v) is 15.5. The Balaban J connectivity index is 0.000000123. The van der Waals surface area contributed by atoms with Gasteiger partial charge in [0.25, 0.3) is 0 Å². The smallest absolute Gasteiger partial charge is 0.399 e. The van der Waals surface area contributed by atoms with Gasteiger partial charge in [-0.15, -0.1) is 0 Å². The molecule has 0 atom stereocenters. The number of pyridine rings is 2. The van der Waals surface area contributed by atoms with E-state index in [0.29, 0.717) is 0 Å². The number of aromatic nitrogens is 2. The highest BCUT2D eigenvalue weighted by molar-refractivity contribution is 9.10. The highest BCUT2D eigenvalue weighted by atomic mass is 79.9. The van der Waals surface area contributed by atoms with Gasteiger partial charge >= 0.3 is 7.12 Å². The van der Waals surface area contributed by atoms with Crippen LogP contribution in [0.2, 0.25) is 0 Å². The zero-order valence-electron chi connectivity index (χ0n) is 52.5. The molecule has 0 saturated carbocycles. The van der Waals surface area contributed by atoms with Crippen LogP contribution in [0.15, 0.2) is 308 Å². The Hall–Kier alpha value is -10.6. The quantitative estimate of drug-likeness (QED) is 0.156. The van der Waals surface area contributed by atoms with E-state index in [1.807, 2.05) is 42.6 Å². The van der Waals surface area contributed by atoms with Crippen molar-refractivity contribution in [1.82, 2.24) is 9.97 Å². The number of hydrogen-bond donors (Lipinski definition) is 0. The van der Waals surface area contributed by atoms with Gasteiger partial charge in [-0.2, -0.15) is 0 Å². The Morgan fingerprint density at radius 2 is 0.585 bits per heavy atom. The summed E-state index contributed by atoms with van der Waals surface area (Å²) in [6.07, 6.45) is 3.67. The van der Waals surface area contributed by atoms with Crippen LogP contribution in [0.1, 0.15) is 27.7 Å². The van der Waals surface area contributed by atoms with Crippen molar-refractivity contribution in [2.24, 2.45) is 0 Å². The molecule has 19 rings (SSSR count). The van der Waals surface area contributed by atoms with Gasteiger partial charge in [-0.25, -0.2) is 0 Å². The fraction of sp³-hybridized carbons (Fsp3) is 0.0682. The van der Waals surface area contributed by atoms with Gasteiger partial charge in [0, 0.05) is 27.6 Å². The summed E-state index contributed by atoms with van der Waals surface area (Å²) in [6, 6.07) is 105. The second-order valence-electron chi connectivity index (χ2n) is 25.6. The van der Waals surface area contributed by atoms with Gasteiger partial charge in [-0.05, 0) is 207 Å². The summed E-state index contributed by atoms with van der Waals surface area (Å²) in [5.74, 6) is 0. The van der Waals surface area contributed by atoms with Gasteiger partial charge in [-0.3, -0.25) is 9.97 Å². The van der Waals surface area contributed by atoms with Gasteiger partial charge in [0.05, 0.1) is 22.2 Å². The number of fused-ring (bicyclic) bond motifs is 10. The third-order valence-corrected chi connectivity index (χ3v) is 20.6. The van der Waals surface area contributed by atoms with Crippen molar-refractivity contribution < 1.29 is 9.31 Å². The number of hydrogen-bond acceptors (Lipinski definition) is 4. The van der Waals surface area contributed by atoms with Crippen molar-refractivity contribution in [3.05, 3.63) is 308 Å². The van der Waals surface area contributed by atoms with E-state index >= 15 is 0 Å². The first-order valence-corrected chi connectivity index (χ1v) is 33.1. The number of halogens is 1. The Morgan fingerprint density at radius 1 is 0.266 bits per heavy atom. The minimum Gasteiger partial charge on any atom is -0.399 e. The normalized spacial score (nSPS) is 13.6. The molecule has 1 saturated heterocycles. The monoisotopic (exact) mass is 1270 g/mol. The van der Waals surface area contributed by atoms with Crippen molar-refractivity contribution in [2.75, 3.05) is 0 Å². The Kier molecular flexibility index (Phi) is 14.0. The van der Waals surface area contributed by atoms with Crippen molar-refractivity contribution in [3.63, 3.8) is 0 Å². The van der Waals surface area contributed by atoms with E-state index in [-0.39, 0.29) is 0 Å². The molecule has 6 heteroatoms. The Morgan fingerprint density at radius 3 is 1.04 bits per heavy atom. The minimum absolute atomic E-state index is 0.401. The van der Waals surface area contributed by atoms with E-state index < -0.39 is 18.3 Å². The second-order valence-corrected chi connectivity index (χ2v) is 26.5. The lowest BCUT2D eigenvalue weighted by atomic mass is 9.75. The van der Waals surface area contributed by atoms with Crippen LogP contribution in [-0.4, -0.2) is 28.3 Å². The second kappa shape index (κ2) is 22.9. The lowest BCUT2D eigenvalue weighted by Gasteiger charge is -2.32. The minimum atomic E-state index is -0.422. The molecule has 446 valence electrons. The number of benzene rings is 14. The van der Waals surface area contributed by atoms with Crippen molar-refractivity contribution >= 4 is 93.4 Å². The van der Waals surface area contributed by atoms with Crippen LogP contribution in [0.25, 0.3) is 165 Å². The van der Waals surface area contributed by atoms with E-state index in [0.717, 1.165) is 26.4 Å². The molecule has 0 N–H and O–H groups in total. The average molecular weight is 1270 g/mol. The summed E-state index contributed by atoms with van der Waals surface area (Å²) in [5, 5.41) is 12.5. The zero-order chi connectivity index (χ0) is 63.2. The van der Waals surface area contributed by atoms with Crippen LogP contribution < -0.4 is 5.46 Å². The molecule has 0 unspecified atom stereocenters. The van der Waals surface area contributed by atoms with E-state index in [1.165, 1.54) is 149 Å². The first-order valence-electron chi connectivity index (χ1n) is 32.3. The van der Waals surface area contributed by atoms with Crippen LogP contribution in [0.4, 0.5) is 0 Å². The molecule has 3 heterocycles. The van der Waals surface area contributed by atoms with Crippen LogP contribution in [0, 0.1) is 0 Å². The summed E-state index contributed by atoms with van der Waals surface area (Å²) < 4.78 is 14.2. The molecule has 4 nitrogen and oxygen atoms in total. The predicted molar refractivity (Wildman–Crippen MR) is 399 cm³/mol. The molecule has 0 amide bonds. The first kappa shape index (κ1) is 57.3. The molecule has 94 heavy (non-hydrogen) atoms. The molecule has 1 fully saturated rings. The van der Waals surface area contributed by atoms with Crippen LogP contribution in [0.3, 0.4) is 0 Å². The molecule has 0 radical (unpaired) electrons. The van der Waals surface area contributed by atoms with Gasteiger partial charge in [0.1, 0.15) is 0 Å². The van der Waals surface area contributed by atoms with Crippen LogP contribution >= 0.6 is 15.9 Å². The summed E-state index contributed by atoms with van der Waals surface area (Å²) >= 11 is 3.46. The van der Waals surface area contributed by atoms with Crippen LogP contribution in [0.5, 0.6) is 0 Å². The summed E-state index contributed by atoms with van der Waals surface area (Å²) in [5.41, 5.74) is 25.4. The highest BCUT2D eigenvalue weighted by Gasteiger charge is 2.52.